The number of nitriles is 1. The number of para-hydroxylation sites is 1. The average Bonchev–Trinajstić information content (AvgIpc) is 3.44. The van der Waals surface area contributed by atoms with Crippen LogP contribution in [0, 0.1) is 17.2 Å². The van der Waals surface area contributed by atoms with Crippen molar-refractivity contribution in [2.45, 2.75) is 50.4 Å². The first-order chi connectivity index (χ1) is 12.4. The van der Waals surface area contributed by atoms with Gasteiger partial charge in [0.25, 0.3) is 5.56 Å². The molecule has 6 nitrogen and oxygen atoms in total. The number of rotatable bonds is 6. The highest BCUT2D eigenvalue weighted by Gasteiger charge is 2.31. The molecule has 7 heteroatoms. The van der Waals surface area contributed by atoms with Crippen molar-refractivity contribution in [3.8, 4) is 6.07 Å². The van der Waals surface area contributed by atoms with Crippen molar-refractivity contribution in [3.05, 3.63) is 34.6 Å². The Labute approximate surface area is 156 Å². The summed E-state index contributed by atoms with van der Waals surface area (Å²) in [7, 11) is 0. The predicted octanol–water partition coefficient (Wildman–Crippen LogP) is 2.88. The average molecular weight is 370 g/mol. The molecule has 0 radical (unpaired) electrons. The van der Waals surface area contributed by atoms with Gasteiger partial charge in [-0.05, 0) is 37.8 Å². The van der Waals surface area contributed by atoms with Crippen LogP contribution in [0.5, 0.6) is 0 Å². The van der Waals surface area contributed by atoms with Crippen LogP contribution in [0.1, 0.15) is 39.7 Å². The Morgan fingerprint density at radius 2 is 2.15 bits per heavy atom. The van der Waals surface area contributed by atoms with E-state index in [1.54, 1.807) is 17.6 Å². The fourth-order valence-electron chi connectivity index (χ4n) is 2.64. The van der Waals surface area contributed by atoms with E-state index in [2.05, 4.69) is 16.4 Å². The highest BCUT2D eigenvalue weighted by molar-refractivity contribution is 7.99. The molecule has 1 aliphatic rings. The molecule has 1 saturated carbocycles. The van der Waals surface area contributed by atoms with Gasteiger partial charge < -0.3 is 5.32 Å². The van der Waals surface area contributed by atoms with Gasteiger partial charge in [0.1, 0.15) is 5.54 Å². The third kappa shape index (κ3) is 3.61. The molecule has 1 heterocycles. The minimum absolute atomic E-state index is 0.00936. The predicted molar refractivity (Wildman–Crippen MR) is 102 cm³/mol. The van der Waals surface area contributed by atoms with Crippen molar-refractivity contribution in [1.29, 1.82) is 5.26 Å². The highest BCUT2D eigenvalue weighted by Crippen LogP contribution is 2.36. The molecule has 26 heavy (non-hydrogen) atoms. The maximum Gasteiger partial charge on any atom is 0.262 e. The van der Waals surface area contributed by atoms with Crippen LogP contribution in [0.4, 0.5) is 0 Å². The minimum Gasteiger partial charge on any atom is -0.337 e. The molecule has 1 aromatic carbocycles. The van der Waals surface area contributed by atoms with Gasteiger partial charge in [-0.2, -0.15) is 5.26 Å². The second kappa shape index (κ2) is 7.12. The molecule has 0 bridgehead atoms. The smallest absolute Gasteiger partial charge is 0.262 e. The Morgan fingerprint density at radius 1 is 1.46 bits per heavy atom. The van der Waals surface area contributed by atoms with Gasteiger partial charge in [0.2, 0.25) is 5.91 Å². The first kappa shape index (κ1) is 18.5. The fraction of sp³-hybridized carbons (Fsp3) is 0.474. The van der Waals surface area contributed by atoms with Crippen molar-refractivity contribution in [1.82, 2.24) is 14.9 Å². The summed E-state index contributed by atoms with van der Waals surface area (Å²) in [5.41, 5.74) is -0.323. The van der Waals surface area contributed by atoms with Gasteiger partial charge in [-0.1, -0.05) is 37.7 Å². The third-order valence-corrected chi connectivity index (χ3v) is 5.76. The minimum atomic E-state index is -0.912. The molecule has 0 aliphatic heterocycles. The lowest BCUT2D eigenvalue weighted by Crippen LogP contribution is -2.49. The quantitative estimate of drug-likeness (QED) is 0.624. The van der Waals surface area contributed by atoms with Crippen molar-refractivity contribution in [3.63, 3.8) is 0 Å². The third-order valence-electron chi connectivity index (χ3n) is 4.81. The molecule has 1 fully saturated rings. The Kier molecular flexibility index (Phi) is 5.05. The number of carbonyl (C=O) groups is 1. The van der Waals surface area contributed by atoms with Crippen molar-refractivity contribution in [2.75, 3.05) is 5.75 Å². The number of amides is 1. The SMILES string of the molecule is CC(C)C(C)(C#N)NC(=O)CSc1nc2ccccc2c(=O)n1C1CC1. The van der Waals surface area contributed by atoms with Crippen LogP contribution in [-0.2, 0) is 4.79 Å². The molecule has 3 rings (SSSR count). The number of hydrogen-bond donors (Lipinski definition) is 1. The van der Waals surface area contributed by atoms with Crippen LogP contribution in [-0.4, -0.2) is 26.8 Å². The highest BCUT2D eigenvalue weighted by atomic mass is 32.2. The molecular weight excluding hydrogens is 348 g/mol. The Balaban J connectivity index is 1.83. The topological polar surface area (TPSA) is 87.8 Å². The monoisotopic (exact) mass is 370 g/mol. The molecule has 1 aliphatic carbocycles. The number of carbonyl (C=O) groups excluding carboxylic acids is 1. The van der Waals surface area contributed by atoms with Crippen LogP contribution in [0.25, 0.3) is 10.9 Å². The van der Waals surface area contributed by atoms with Gasteiger partial charge >= 0.3 is 0 Å². The summed E-state index contributed by atoms with van der Waals surface area (Å²) >= 11 is 1.25. The van der Waals surface area contributed by atoms with E-state index in [1.807, 2.05) is 32.0 Å². The van der Waals surface area contributed by atoms with E-state index in [1.165, 1.54) is 11.8 Å². The summed E-state index contributed by atoms with van der Waals surface area (Å²) < 4.78 is 1.71. The number of fused-ring (bicyclic) bond motifs is 1. The molecule has 1 unspecified atom stereocenters. The fourth-order valence-corrected chi connectivity index (χ4v) is 3.51. The standard InChI is InChI=1S/C19H22N4O2S/c1-12(2)19(3,11-20)22-16(24)10-26-18-21-15-7-5-4-6-14(15)17(25)23(18)13-8-9-13/h4-7,12-13H,8-10H2,1-3H3,(H,22,24). The summed E-state index contributed by atoms with van der Waals surface area (Å²) in [5.74, 6) is -0.135. The van der Waals surface area contributed by atoms with Crippen molar-refractivity contribution >= 4 is 28.6 Å². The van der Waals surface area contributed by atoms with Crippen molar-refractivity contribution < 1.29 is 4.79 Å². The zero-order valence-corrected chi connectivity index (χ0v) is 16.0. The lowest BCUT2D eigenvalue weighted by atomic mass is 9.90. The number of nitrogens with zero attached hydrogens (tertiary/aromatic N) is 3. The lowest BCUT2D eigenvalue weighted by molar-refractivity contribution is -0.120. The summed E-state index contributed by atoms with van der Waals surface area (Å²) in [6, 6.07) is 9.61. The van der Waals surface area contributed by atoms with E-state index in [0.29, 0.717) is 16.1 Å². The first-order valence-corrected chi connectivity index (χ1v) is 9.70. The van der Waals surface area contributed by atoms with Gasteiger partial charge in [0.15, 0.2) is 5.16 Å². The van der Waals surface area contributed by atoms with E-state index in [9.17, 15) is 14.9 Å². The molecule has 2 aromatic rings. The number of thioether (sulfide) groups is 1. The number of nitrogens with one attached hydrogen (secondary N) is 1. The molecule has 0 spiro atoms. The van der Waals surface area contributed by atoms with E-state index >= 15 is 0 Å². The lowest BCUT2D eigenvalue weighted by Gasteiger charge is -2.27. The number of hydrogen-bond acceptors (Lipinski definition) is 5. The maximum absolute atomic E-state index is 12.8. The van der Waals surface area contributed by atoms with Gasteiger partial charge in [-0.25, -0.2) is 4.98 Å². The molecule has 0 saturated heterocycles. The first-order valence-electron chi connectivity index (χ1n) is 8.72. The number of benzene rings is 1. The molecule has 1 amide bonds. The van der Waals surface area contributed by atoms with E-state index < -0.39 is 5.54 Å². The summed E-state index contributed by atoms with van der Waals surface area (Å²) in [6.07, 6.45) is 1.92. The van der Waals surface area contributed by atoms with E-state index in [-0.39, 0.29) is 29.2 Å². The Bertz CT molecular complexity index is 943. The molecule has 1 aromatic heterocycles. The van der Waals surface area contributed by atoms with Crippen LogP contribution >= 0.6 is 11.8 Å². The summed E-state index contributed by atoms with van der Waals surface area (Å²) in [6.45, 7) is 5.51. The number of aromatic nitrogens is 2. The zero-order valence-electron chi connectivity index (χ0n) is 15.2. The van der Waals surface area contributed by atoms with Crippen LogP contribution in [0.3, 0.4) is 0 Å². The van der Waals surface area contributed by atoms with Gasteiger partial charge in [-0.15, -0.1) is 0 Å². The van der Waals surface area contributed by atoms with Gasteiger partial charge in [-0.3, -0.25) is 14.2 Å². The largest absolute Gasteiger partial charge is 0.337 e. The Hall–Kier alpha value is -2.33. The molecule has 1 N–H and O–H groups in total. The van der Waals surface area contributed by atoms with Gasteiger partial charge in [0, 0.05) is 6.04 Å². The Morgan fingerprint density at radius 3 is 2.77 bits per heavy atom. The van der Waals surface area contributed by atoms with Crippen LogP contribution in [0.2, 0.25) is 0 Å². The van der Waals surface area contributed by atoms with Crippen LogP contribution < -0.4 is 10.9 Å². The summed E-state index contributed by atoms with van der Waals surface area (Å²) in [4.78, 5) is 29.8. The van der Waals surface area contributed by atoms with E-state index in [0.717, 1.165) is 12.8 Å². The summed E-state index contributed by atoms with van der Waals surface area (Å²) in [5, 5.41) is 13.3. The zero-order chi connectivity index (χ0) is 18.9. The van der Waals surface area contributed by atoms with Crippen LogP contribution in [0.15, 0.2) is 34.2 Å². The molecule has 136 valence electrons. The van der Waals surface area contributed by atoms with Gasteiger partial charge in [0.05, 0.1) is 22.7 Å². The van der Waals surface area contributed by atoms with Crippen molar-refractivity contribution in [2.24, 2.45) is 5.92 Å². The second-order valence-corrected chi connectivity index (χ2v) is 8.07. The maximum atomic E-state index is 12.8. The normalized spacial score (nSPS) is 16.3. The molecule has 1 atom stereocenters. The van der Waals surface area contributed by atoms with E-state index in [4.69, 9.17) is 0 Å². The second-order valence-electron chi connectivity index (χ2n) is 7.12. The molecular formula is C19H22N4O2S.